The van der Waals surface area contributed by atoms with Gasteiger partial charge in [0, 0.05) is 24.6 Å². The lowest BCUT2D eigenvalue weighted by molar-refractivity contribution is -0.141. The highest BCUT2D eigenvalue weighted by molar-refractivity contribution is 6.42. The van der Waals surface area contributed by atoms with Gasteiger partial charge < -0.3 is 14.8 Å². The Morgan fingerprint density at radius 3 is 2.79 bits per heavy atom. The first-order valence-electron chi connectivity index (χ1n) is 7.65. The van der Waals surface area contributed by atoms with Crippen LogP contribution in [0.1, 0.15) is 31.7 Å². The van der Waals surface area contributed by atoms with Gasteiger partial charge in [-0.25, -0.2) is 4.79 Å². The number of rotatable bonds is 6. The highest BCUT2D eigenvalue weighted by atomic mass is 35.5. The topological polar surface area (TPSA) is 64.6 Å². The number of esters is 1. The van der Waals surface area contributed by atoms with Gasteiger partial charge in [0.15, 0.2) is 0 Å². The van der Waals surface area contributed by atoms with Crippen LogP contribution in [0.3, 0.4) is 0 Å². The van der Waals surface area contributed by atoms with Gasteiger partial charge >= 0.3 is 5.97 Å². The number of hydrogen-bond acceptors (Lipinski definition) is 4. The molecule has 24 heavy (non-hydrogen) atoms. The highest BCUT2D eigenvalue weighted by Crippen LogP contribution is 2.39. The number of hydrogen-bond donors (Lipinski definition) is 1. The van der Waals surface area contributed by atoms with E-state index in [2.05, 4.69) is 5.32 Å². The molecule has 0 saturated heterocycles. The first-order chi connectivity index (χ1) is 11.5. The van der Waals surface area contributed by atoms with Gasteiger partial charge in [-0.15, -0.1) is 0 Å². The zero-order valence-corrected chi connectivity index (χ0v) is 15.0. The minimum absolute atomic E-state index is 0.104. The predicted molar refractivity (Wildman–Crippen MR) is 92.1 cm³/mol. The van der Waals surface area contributed by atoms with Crippen molar-refractivity contribution < 1.29 is 19.1 Å². The van der Waals surface area contributed by atoms with Gasteiger partial charge in [-0.1, -0.05) is 35.3 Å². The number of halogens is 2. The highest BCUT2D eigenvalue weighted by Gasteiger charge is 2.34. The Kier molecular flexibility index (Phi) is 6.66. The lowest BCUT2D eigenvalue weighted by Gasteiger charge is -2.27. The number of amides is 1. The zero-order chi connectivity index (χ0) is 17.7. The molecule has 1 N–H and O–H groups in total. The number of nitrogens with one attached hydrogen (secondary N) is 1. The third-order valence-electron chi connectivity index (χ3n) is 3.71. The van der Waals surface area contributed by atoms with E-state index < -0.39 is 11.9 Å². The van der Waals surface area contributed by atoms with Crippen molar-refractivity contribution in [2.24, 2.45) is 0 Å². The Balaban J connectivity index is 2.30. The third kappa shape index (κ3) is 4.29. The van der Waals surface area contributed by atoms with Crippen molar-refractivity contribution in [1.82, 2.24) is 5.32 Å². The second kappa shape index (κ2) is 8.51. The van der Waals surface area contributed by atoms with Crippen molar-refractivity contribution in [3.8, 4) is 0 Å². The van der Waals surface area contributed by atoms with E-state index in [1.165, 1.54) is 0 Å². The molecular weight excluding hydrogens is 353 g/mol. The number of allylic oxidation sites excluding steroid dienone is 1. The van der Waals surface area contributed by atoms with Crippen LogP contribution in [-0.4, -0.2) is 31.7 Å². The summed E-state index contributed by atoms with van der Waals surface area (Å²) in [6.45, 7) is 4.55. The van der Waals surface area contributed by atoms with Crippen LogP contribution in [0, 0.1) is 0 Å². The smallest absolute Gasteiger partial charge is 0.336 e. The van der Waals surface area contributed by atoms with Crippen molar-refractivity contribution in [1.29, 1.82) is 0 Å². The van der Waals surface area contributed by atoms with Crippen LogP contribution in [0.5, 0.6) is 0 Å². The average Bonchev–Trinajstić information content (AvgIpc) is 2.53. The summed E-state index contributed by atoms with van der Waals surface area (Å²) in [4.78, 5) is 24.4. The first kappa shape index (κ1) is 18.8. The molecule has 2 rings (SSSR count). The molecule has 0 fully saturated rings. The fourth-order valence-electron chi connectivity index (χ4n) is 2.64. The van der Waals surface area contributed by atoms with E-state index >= 15 is 0 Å². The fraction of sp³-hybridized carbons (Fsp3) is 0.412. The number of carbonyl (C=O) groups excluding carboxylic acids is 2. The maximum absolute atomic E-state index is 12.5. The van der Waals surface area contributed by atoms with Gasteiger partial charge in [-0.05, 0) is 25.5 Å². The Labute approximate surface area is 150 Å². The number of ether oxygens (including phenoxy) is 2. The molecule has 0 unspecified atom stereocenters. The van der Waals surface area contributed by atoms with Crippen LogP contribution in [0.2, 0.25) is 10.0 Å². The van der Waals surface area contributed by atoms with Gasteiger partial charge in [0.2, 0.25) is 5.91 Å². The van der Waals surface area contributed by atoms with E-state index in [0.29, 0.717) is 40.1 Å². The quantitative estimate of drug-likeness (QED) is 0.614. The third-order valence-corrected chi connectivity index (χ3v) is 4.54. The van der Waals surface area contributed by atoms with E-state index in [1.54, 1.807) is 25.1 Å². The summed E-state index contributed by atoms with van der Waals surface area (Å²) >= 11 is 12.3. The van der Waals surface area contributed by atoms with E-state index in [-0.39, 0.29) is 18.9 Å². The molecule has 1 atom stereocenters. The van der Waals surface area contributed by atoms with Crippen molar-refractivity contribution in [3.63, 3.8) is 0 Å². The van der Waals surface area contributed by atoms with Crippen LogP contribution in [0.15, 0.2) is 29.5 Å². The van der Waals surface area contributed by atoms with Gasteiger partial charge in [-0.2, -0.15) is 0 Å². The van der Waals surface area contributed by atoms with Gasteiger partial charge in [0.25, 0.3) is 0 Å². The summed E-state index contributed by atoms with van der Waals surface area (Å²) in [5.74, 6) is -1.17. The molecule has 1 aromatic carbocycles. The summed E-state index contributed by atoms with van der Waals surface area (Å²) < 4.78 is 10.4. The molecule has 7 heteroatoms. The molecule has 5 nitrogen and oxygen atoms in total. The maximum Gasteiger partial charge on any atom is 0.336 e. The van der Waals surface area contributed by atoms with Crippen molar-refractivity contribution >= 4 is 35.1 Å². The van der Waals surface area contributed by atoms with E-state index in [1.807, 2.05) is 6.92 Å². The number of carbonyl (C=O) groups is 2. The SMILES string of the molecule is CCOCCOC(=O)C1=C(C)NC(=O)C[C@H]1c1cccc(Cl)c1Cl. The van der Waals surface area contributed by atoms with Gasteiger partial charge in [-0.3, -0.25) is 4.79 Å². The maximum atomic E-state index is 12.5. The molecule has 0 aromatic heterocycles. The van der Waals surface area contributed by atoms with E-state index in [4.69, 9.17) is 32.7 Å². The van der Waals surface area contributed by atoms with E-state index in [9.17, 15) is 9.59 Å². The predicted octanol–water partition coefficient (Wildman–Crippen LogP) is 3.45. The molecule has 130 valence electrons. The molecule has 0 aliphatic carbocycles. The summed E-state index contributed by atoms with van der Waals surface area (Å²) in [5, 5.41) is 3.39. The van der Waals surface area contributed by atoms with Crippen LogP contribution in [0.4, 0.5) is 0 Å². The Bertz CT molecular complexity index is 673. The minimum Gasteiger partial charge on any atom is -0.460 e. The fourth-order valence-corrected chi connectivity index (χ4v) is 3.08. The second-order valence-electron chi connectivity index (χ2n) is 5.32. The Hall–Kier alpha value is -1.56. The molecule has 1 amide bonds. The van der Waals surface area contributed by atoms with Crippen LogP contribution in [0.25, 0.3) is 0 Å². The van der Waals surface area contributed by atoms with Crippen LogP contribution in [-0.2, 0) is 19.1 Å². The number of benzene rings is 1. The van der Waals surface area contributed by atoms with Gasteiger partial charge in [0.1, 0.15) is 6.61 Å². The molecule has 0 radical (unpaired) electrons. The molecule has 0 spiro atoms. The summed E-state index contributed by atoms with van der Waals surface area (Å²) in [6, 6.07) is 5.16. The molecule has 0 bridgehead atoms. The molecule has 1 aromatic rings. The molecular formula is C17H19Cl2NO4. The summed E-state index contributed by atoms with van der Waals surface area (Å²) in [5.41, 5.74) is 1.49. The average molecular weight is 372 g/mol. The van der Waals surface area contributed by atoms with Crippen molar-refractivity contribution in [3.05, 3.63) is 45.1 Å². The van der Waals surface area contributed by atoms with Crippen LogP contribution >= 0.6 is 23.2 Å². The lowest BCUT2D eigenvalue weighted by atomic mass is 9.84. The molecule has 1 aliphatic heterocycles. The molecule has 1 heterocycles. The van der Waals surface area contributed by atoms with E-state index in [0.717, 1.165) is 0 Å². The molecule has 1 aliphatic rings. The van der Waals surface area contributed by atoms with Crippen LogP contribution < -0.4 is 5.32 Å². The van der Waals surface area contributed by atoms with Crippen molar-refractivity contribution in [2.75, 3.05) is 19.8 Å². The first-order valence-corrected chi connectivity index (χ1v) is 8.40. The summed E-state index contributed by atoms with van der Waals surface area (Å²) in [6.07, 6.45) is 0.104. The largest absolute Gasteiger partial charge is 0.460 e. The second-order valence-corrected chi connectivity index (χ2v) is 6.10. The normalized spacial score (nSPS) is 17.7. The van der Waals surface area contributed by atoms with Crippen molar-refractivity contribution in [2.45, 2.75) is 26.2 Å². The lowest BCUT2D eigenvalue weighted by Crippen LogP contribution is -2.34. The monoisotopic (exact) mass is 371 g/mol. The Morgan fingerprint density at radius 2 is 2.08 bits per heavy atom. The zero-order valence-electron chi connectivity index (χ0n) is 13.5. The Morgan fingerprint density at radius 1 is 1.33 bits per heavy atom. The standard InChI is InChI=1S/C17H19Cl2NO4/c1-3-23-7-8-24-17(22)15-10(2)20-14(21)9-12(15)11-5-4-6-13(18)16(11)19/h4-6,12H,3,7-9H2,1-2H3,(H,20,21)/t12-/m0/s1. The molecule has 0 saturated carbocycles. The van der Waals surface area contributed by atoms with Gasteiger partial charge in [0.05, 0.1) is 22.2 Å². The summed E-state index contributed by atoms with van der Waals surface area (Å²) in [7, 11) is 0. The minimum atomic E-state index is -0.496.